The fraction of sp³-hybridized carbons (Fsp3) is 0.875. The lowest BCUT2D eigenvalue weighted by Crippen LogP contribution is -2.35. The Hall–Kier alpha value is -0.970. The van der Waals surface area contributed by atoms with Crippen LogP contribution in [0.5, 0.6) is 0 Å². The quantitative estimate of drug-likeness (QED) is 0.692. The second kappa shape index (κ2) is 3.83. The molecule has 13 heavy (non-hydrogen) atoms. The van der Waals surface area contributed by atoms with E-state index < -0.39 is 0 Å². The van der Waals surface area contributed by atoms with E-state index in [1.165, 1.54) is 24.1 Å². The molecule has 1 fully saturated rings. The number of nitrogens with zero attached hydrogens (tertiary/aromatic N) is 4. The second-order valence-corrected chi connectivity index (χ2v) is 3.55. The molecule has 72 valence electrons. The van der Waals surface area contributed by atoms with Gasteiger partial charge in [-0.05, 0) is 24.6 Å². The van der Waals surface area contributed by atoms with E-state index in [2.05, 4.69) is 20.7 Å². The molecular formula is C8H15N5. The fourth-order valence-electron chi connectivity index (χ4n) is 1.72. The van der Waals surface area contributed by atoms with Gasteiger partial charge in [-0.1, -0.05) is 6.42 Å². The normalized spacial score (nSPS) is 23.3. The molecule has 1 aliphatic heterocycles. The SMILES string of the molecule is Cn1nnc(CC2CCCCN2)n1. The van der Waals surface area contributed by atoms with Crippen LogP contribution in [-0.2, 0) is 13.5 Å². The average molecular weight is 181 g/mol. The Bertz CT molecular complexity index is 263. The number of rotatable bonds is 2. The summed E-state index contributed by atoms with van der Waals surface area (Å²) in [5.74, 6) is 0.849. The van der Waals surface area contributed by atoms with E-state index in [0.717, 1.165) is 18.8 Å². The molecule has 0 radical (unpaired) electrons. The third-order valence-corrected chi connectivity index (χ3v) is 2.39. The van der Waals surface area contributed by atoms with Crippen LogP contribution in [0.2, 0.25) is 0 Å². The van der Waals surface area contributed by atoms with Gasteiger partial charge in [0.2, 0.25) is 0 Å². The molecule has 2 rings (SSSR count). The number of nitrogens with one attached hydrogen (secondary N) is 1. The van der Waals surface area contributed by atoms with Crippen LogP contribution >= 0.6 is 0 Å². The van der Waals surface area contributed by atoms with Gasteiger partial charge >= 0.3 is 0 Å². The van der Waals surface area contributed by atoms with Crippen molar-refractivity contribution in [2.45, 2.75) is 31.7 Å². The second-order valence-electron chi connectivity index (χ2n) is 3.55. The van der Waals surface area contributed by atoms with E-state index in [4.69, 9.17) is 0 Å². The van der Waals surface area contributed by atoms with E-state index in [1.807, 2.05) is 0 Å². The van der Waals surface area contributed by atoms with Gasteiger partial charge in [-0.15, -0.1) is 10.2 Å². The summed E-state index contributed by atoms with van der Waals surface area (Å²) in [6, 6.07) is 0.554. The van der Waals surface area contributed by atoms with Crippen molar-refractivity contribution in [2.75, 3.05) is 6.54 Å². The Kier molecular flexibility index (Phi) is 2.54. The van der Waals surface area contributed by atoms with Gasteiger partial charge in [-0.2, -0.15) is 4.80 Å². The number of hydrogen-bond donors (Lipinski definition) is 1. The minimum atomic E-state index is 0.554. The molecule has 0 saturated carbocycles. The maximum atomic E-state index is 4.16. The molecule has 1 aromatic rings. The molecule has 0 amide bonds. The van der Waals surface area contributed by atoms with E-state index >= 15 is 0 Å². The number of aromatic nitrogens is 4. The van der Waals surface area contributed by atoms with Gasteiger partial charge in [-0.25, -0.2) is 0 Å². The van der Waals surface area contributed by atoms with Crippen molar-refractivity contribution in [3.63, 3.8) is 0 Å². The van der Waals surface area contributed by atoms with Crippen LogP contribution in [0.3, 0.4) is 0 Å². The Labute approximate surface area is 77.5 Å². The van der Waals surface area contributed by atoms with Gasteiger partial charge in [-0.3, -0.25) is 0 Å². The lowest BCUT2D eigenvalue weighted by molar-refractivity contribution is 0.394. The third-order valence-electron chi connectivity index (χ3n) is 2.39. The molecule has 0 aromatic carbocycles. The lowest BCUT2D eigenvalue weighted by atomic mass is 10.0. The van der Waals surface area contributed by atoms with Gasteiger partial charge in [0.1, 0.15) is 0 Å². The average Bonchev–Trinajstić information content (AvgIpc) is 2.53. The highest BCUT2D eigenvalue weighted by atomic mass is 15.6. The van der Waals surface area contributed by atoms with Crippen molar-refractivity contribution in [3.8, 4) is 0 Å². The number of tetrazole rings is 1. The summed E-state index contributed by atoms with van der Waals surface area (Å²) in [5, 5.41) is 15.4. The van der Waals surface area contributed by atoms with Gasteiger partial charge in [0, 0.05) is 12.5 Å². The van der Waals surface area contributed by atoms with Crippen LogP contribution in [0.15, 0.2) is 0 Å². The van der Waals surface area contributed by atoms with Crippen molar-refractivity contribution in [3.05, 3.63) is 5.82 Å². The summed E-state index contributed by atoms with van der Waals surface area (Å²) in [7, 11) is 1.80. The lowest BCUT2D eigenvalue weighted by Gasteiger charge is -2.21. The maximum absolute atomic E-state index is 4.16. The summed E-state index contributed by atoms with van der Waals surface area (Å²) >= 11 is 0. The minimum Gasteiger partial charge on any atom is -0.314 e. The van der Waals surface area contributed by atoms with Crippen LogP contribution in [0.1, 0.15) is 25.1 Å². The summed E-state index contributed by atoms with van der Waals surface area (Å²) < 4.78 is 0. The Balaban J connectivity index is 1.89. The Morgan fingerprint density at radius 1 is 1.54 bits per heavy atom. The molecule has 1 aliphatic rings. The van der Waals surface area contributed by atoms with E-state index in [0.29, 0.717) is 6.04 Å². The molecule has 1 atom stereocenters. The molecular weight excluding hydrogens is 166 g/mol. The summed E-state index contributed by atoms with van der Waals surface area (Å²) in [6.45, 7) is 1.13. The highest BCUT2D eigenvalue weighted by Gasteiger charge is 2.15. The smallest absolute Gasteiger partial charge is 0.176 e. The van der Waals surface area contributed by atoms with Crippen molar-refractivity contribution in [1.82, 2.24) is 25.5 Å². The molecule has 0 aliphatic carbocycles. The molecule has 1 aromatic heterocycles. The molecule has 2 heterocycles. The topological polar surface area (TPSA) is 55.6 Å². The predicted molar refractivity (Wildman–Crippen MR) is 48.1 cm³/mol. The fourth-order valence-corrected chi connectivity index (χ4v) is 1.72. The minimum absolute atomic E-state index is 0.554. The van der Waals surface area contributed by atoms with Gasteiger partial charge in [0.05, 0.1) is 7.05 Å². The van der Waals surface area contributed by atoms with Gasteiger partial charge in [0.25, 0.3) is 0 Å². The standard InChI is InChI=1S/C8H15N5/c1-13-11-8(10-12-13)6-7-4-2-3-5-9-7/h7,9H,2-6H2,1H3. The first-order valence-corrected chi connectivity index (χ1v) is 4.81. The Morgan fingerprint density at radius 3 is 3.08 bits per heavy atom. The zero-order chi connectivity index (χ0) is 9.10. The van der Waals surface area contributed by atoms with Crippen LogP contribution in [0.25, 0.3) is 0 Å². The largest absolute Gasteiger partial charge is 0.314 e. The summed E-state index contributed by atoms with van der Waals surface area (Å²) in [5.41, 5.74) is 0. The van der Waals surface area contributed by atoms with Crippen LogP contribution in [0.4, 0.5) is 0 Å². The van der Waals surface area contributed by atoms with Gasteiger partial charge in [0.15, 0.2) is 5.82 Å². The van der Waals surface area contributed by atoms with Crippen LogP contribution < -0.4 is 5.32 Å². The van der Waals surface area contributed by atoms with Crippen molar-refractivity contribution < 1.29 is 0 Å². The van der Waals surface area contributed by atoms with E-state index in [1.54, 1.807) is 7.05 Å². The summed E-state index contributed by atoms with van der Waals surface area (Å²) in [4.78, 5) is 1.51. The number of hydrogen-bond acceptors (Lipinski definition) is 4. The third kappa shape index (κ3) is 2.24. The number of piperidine rings is 1. The molecule has 0 bridgehead atoms. The van der Waals surface area contributed by atoms with Crippen molar-refractivity contribution in [1.29, 1.82) is 0 Å². The van der Waals surface area contributed by atoms with Crippen LogP contribution in [-0.4, -0.2) is 32.8 Å². The monoisotopic (exact) mass is 181 g/mol. The van der Waals surface area contributed by atoms with E-state index in [9.17, 15) is 0 Å². The van der Waals surface area contributed by atoms with Crippen molar-refractivity contribution >= 4 is 0 Å². The predicted octanol–water partition coefficient (Wildman–Crippen LogP) is -0.105. The molecule has 1 N–H and O–H groups in total. The first-order chi connectivity index (χ1) is 6.34. The molecule has 5 nitrogen and oxygen atoms in total. The molecule has 0 spiro atoms. The Morgan fingerprint density at radius 2 is 2.46 bits per heavy atom. The first kappa shape index (κ1) is 8.62. The highest BCUT2D eigenvalue weighted by molar-refractivity contribution is 4.85. The number of aryl methyl sites for hydroxylation is 1. The first-order valence-electron chi connectivity index (χ1n) is 4.81. The molecule has 1 unspecified atom stereocenters. The van der Waals surface area contributed by atoms with Crippen molar-refractivity contribution in [2.24, 2.45) is 7.05 Å². The highest BCUT2D eigenvalue weighted by Crippen LogP contribution is 2.09. The summed E-state index contributed by atoms with van der Waals surface area (Å²) in [6.07, 6.45) is 4.76. The van der Waals surface area contributed by atoms with E-state index in [-0.39, 0.29) is 0 Å². The molecule has 5 heteroatoms. The van der Waals surface area contributed by atoms with Crippen LogP contribution in [0, 0.1) is 0 Å². The molecule has 1 saturated heterocycles. The zero-order valence-electron chi connectivity index (χ0n) is 7.90. The van der Waals surface area contributed by atoms with Gasteiger partial charge < -0.3 is 5.32 Å². The maximum Gasteiger partial charge on any atom is 0.176 e. The zero-order valence-corrected chi connectivity index (χ0v) is 7.90.